The van der Waals surface area contributed by atoms with E-state index in [9.17, 15) is 28.3 Å². The van der Waals surface area contributed by atoms with Crippen molar-refractivity contribution in [3.05, 3.63) is 81.3 Å². The monoisotopic (exact) mass is 596 g/mol. The second-order valence-corrected chi connectivity index (χ2v) is 10.6. The molecule has 2 aromatic carbocycles. The zero-order valence-corrected chi connectivity index (χ0v) is 23.7. The number of aryl methyl sites for hydroxylation is 1. The van der Waals surface area contributed by atoms with Crippen LogP contribution < -0.4 is 15.8 Å². The van der Waals surface area contributed by atoms with E-state index in [1.54, 1.807) is 32.0 Å². The molecule has 0 unspecified atom stereocenters. The Morgan fingerprint density at radius 1 is 1.17 bits per heavy atom. The van der Waals surface area contributed by atoms with Crippen LogP contribution in [0.15, 0.2) is 47.5 Å². The highest BCUT2D eigenvalue weighted by Gasteiger charge is 2.26. The number of hydrogen-bond donors (Lipinski definition) is 3. The first-order chi connectivity index (χ1) is 20.0. The summed E-state index contributed by atoms with van der Waals surface area (Å²) in [6.07, 6.45) is 1.51. The second kappa shape index (κ2) is 11.4. The number of carboxylic acid groups (broad SMARTS) is 1. The number of nitrogens with one attached hydrogen (secondary N) is 2. The highest BCUT2D eigenvalue weighted by Crippen LogP contribution is 2.36. The topological polar surface area (TPSA) is 133 Å². The Morgan fingerprint density at radius 2 is 1.93 bits per heavy atom. The van der Waals surface area contributed by atoms with Crippen LogP contribution in [-0.2, 0) is 4.79 Å². The van der Waals surface area contributed by atoms with E-state index in [1.165, 1.54) is 17.9 Å². The molecule has 2 amide bonds. The van der Waals surface area contributed by atoms with E-state index in [4.69, 9.17) is 16.6 Å². The van der Waals surface area contributed by atoms with Gasteiger partial charge in [0.15, 0.2) is 5.82 Å². The summed E-state index contributed by atoms with van der Waals surface area (Å²) in [6.45, 7) is 3.58. The Morgan fingerprint density at radius 3 is 2.64 bits per heavy atom. The van der Waals surface area contributed by atoms with Gasteiger partial charge in [-0.3, -0.25) is 19.1 Å². The molecule has 42 heavy (non-hydrogen) atoms. The van der Waals surface area contributed by atoms with Gasteiger partial charge >= 0.3 is 6.09 Å². The molecule has 4 aromatic rings. The Labute approximate surface area is 244 Å². The van der Waals surface area contributed by atoms with Crippen molar-refractivity contribution in [3.63, 3.8) is 0 Å². The average Bonchev–Trinajstić information content (AvgIpc) is 3.33. The number of aromatic nitrogens is 4. The van der Waals surface area contributed by atoms with Crippen molar-refractivity contribution in [2.45, 2.75) is 39.2 Å². The van der Waals surface area contributed by atoms with Gasteiger partial charge in [-0.05, 0) is 50.1 Å². The molecule has 0 saturated carbocycles. The lowest BCUT2D eigenvalue weighted by Gasteiger charge is -2.21. The van der Waals surface area contributed by atoms with E-state index in [2.05, 4.69) is 15.3 Å². The molecule has 2 bridgehead atoms. The number of benzene rings is 2. The third kappa shape index (κ3) is 5.37. The number of halogens is 3. The molecular formula is C29H27ClF2N6O4. The van der Waals surface area contributed by atoms with Gasteiger partial charge in [0.1, 0.15) is 11.6 Å². The quantitative estimate of drug-likeness (QED) is 0.248. The van der Waals surface area contributed by atoms with Gasteiger partial charge in [0.25, 0.3) is 5.56 Å². The molecule has 5 rings (SSSR count). The van der Waals surface area contributed by atoms with Crippen LogP contribution in [0.1, 0.15) is 43.7 Å². The van der Waals surface area contributed by atoms with E-state index in [0.717, 1.165) is 23.1 Å². The zero-order valence-electron chi connectivity index (χ0n) is 22.9. The van der Waals surface area contributed by atoms with Crippen LogP contribution in [0.4, 0.5) is 25.0 Å². The van der Waals surface area contributed by atoms with Gasteiger partial charge in [0.05, 0.1) is 40.0 Å². The first-order valence-electron chi connectivity index (χ1n) is 13.2. The standard InChI is InChI=1S/C29H27ClF2N6O4/c1-14-5-4-6-22(38-13-33-21(12-23(38)39)24-19(31)10-9-18(30)25(24)32)27-34-15(2)26(36-27)17-8-7-16(37(3)29(41)42)11-20(17)35-28(14)40/h7-14,22H,4-6H2,1-3H3,(H,34,36)(H,35,40)(H,41,42)/t14-,22+/m1/s1. The highest BCUT2D eigenvalue weighted by molar-refractivity contribution is 6.31. The van der Waals surface area contributed by atoms with Crippen molar-refractivity contribution in [2.24, 2.45) is 5.92 Å². The number of carbonyl (C=O) groups excluding carboxylic acids is 1. The van der Waals surface area contributed by atoms with Gasteiger partial charge in [-0.1, -0.05) is 24.9 Å². The fourth-order valence-corrected chi connectivity index (χ4v) is 5.18. The number of rotatable bonds is 3. The van der Waals surface area contributed by atoms with E-state index in [1.807, 2.05) is 0 Å². The Balaban J connectivity index is 1.61. The lowest BCUT2D eigenvalue weighted by atomic mass is 9.99. The molecule has 3 N–H and O–H groups in total. The number of aromatic amines is 1. The maximum absolute atomic E-state index is 14.6. The summed E-state index contributed by atoms with van der Waals surface area (Å²) in [6, 6.07) is 7.38. The van der Waals surface area contributed by atoms with E-state index >= 15 is 0 Å². The third-order valence-corrected chi connectivity index (χ3v) is 7.74. The lowest BCUT2D eigenvalue weighted by molar-refractivity contribution is -0.119. The van der Waals surface area contributed by atoms with Crippen LogP contribution in [0.3, 0.4) is 0 Å². The minimum absolute atomic E-state index is 0.195. The average molecular weight is 597 g/mol. The van der Waals surface area contributed by atoms with Crippen LogP contribution in [-0.4, -0.2) is 43.7 Å². The molecule has 0 saturated heterocycles. The molecule has 10 nitrogen and oxygen atoms in total. The molecule has 2 aromatic heterocycles. The smallest absolute Gasteiger partial charge is 0.411 e. The first kappa shape index (κ1) is 28.9. The number of hydrogen-bond acceptors (Lipinski definition) is 5. The summed E-state index contributed by atoms with van der Waals surface area (Å²) in [5.74, 6) is -2.10. The lowest BCUT2D eigenvalue weighted by Crippen LogP contribution is -2.27. The fraction of sp³-hybridized carbons (Fsp3) is 0.276. The normalized spacial score (nSPS) is 17.0. The van der Waals surface area contributed by atoms with Crippen molar-refractivity contribution >= 4 is 35.0 Å². The zero-order chi connectivity index (χ0) is 30.3. The summed E-state index contributed by atoms with van der Waals surface area (Å²) in [5, 5.41) is 12.1. The van der Waals surface area contributed by atoms with Crippen LogP contribution in [0.5, 0.6) is 0 Å². The van der Waals surface area contributed by atoms with Crippen LogP contribution in [0.2, 0.25) is 5.02 Å². The van der Waals surface area contributed by atoms with Crippen molar-refractivity contribution in [3.8, 4) is 22.5 Å². The number of carbonyl (C=O) groups is 2. The van der Waals surface area contributed by atoms with E-state index in [0.29, 0.717) is 53.4 Å². The van der Waals surface area contributed by atoms with Gasteiger partial charge in [0.2, 0.25) is 5.91 Å². The number of imidazole rings is 1. The summed E-state index contributed by atoms with van der Waals surface area (Å²) in [7, 11) is 1.40. The van der Waals surface area contributed by atoms with E-state index in [-0.39, 0.29) is 16.6 Å². The number of amides is 2. The molecule has 0 aliphatic carbocycles. The van der Waals surface area contributed by atoms with Gasteiger partial charge in [0, 0.05) is 36.0 Å². The van der Waals surface area contributed by atoms with Crippen molar-refractivity contribution in [2.75, 3.05) is 17.3 Å². The summed E-state index contributed by atoms with van der Waals surface area (Å²) < 4.78 is 30.4. The second-order valence-electron chi connectivity index (χ2n) is 10.2. The maximum Gasteiger partial charge on any atom is 0.411 e. The minimum atomic E-state index is -1.16. The molecule has 0 radical (unpaired) electrons. The number of fused-ring (bicyclic) bond motifs is 4. The molecular weight excluding hydrogens is 570 g/mol. The fourth-order valence-electron chi connectivity index (χ4n) is 5.02. The minimum Gasteiger partial charge on any atom is -0.465 e. The molecule has 3 heterocycles. The molecule has 1 aliphatic rings. The molecule has 2 atom stereocenters. The number of nitrogens with zero attached hydrogens (tertiary/aromatic N) is 4. The SMILES string of the molecule is Cc1[nH]c2nc1-c1ccc(N(C)C(=O)O)cc1NC(=O)[C@H](C)CCC[C@@H]2n1cnc(-c2c(F)ccc(Cl)c2F)cc1=O. The molecule has 218 valence electrons. The van der Waals surface area contributed by atoms with Crippen LogP contribution in [0.25, 0.3) is 22.5 Å². The van der Waals surface area contributed by atoms with Gasteiger partial charge in [-0.15, -0.1) is 0 Å². The molecule has 13 heteroatoms. The number of anilines is 2. The summed E-state index contributed by atoms with van der Waals surface area (Å²) >= 11 is 5.83. The van der Waals surface area contributed by atoms with Crippen molar-refractivity contribution in [1.82, 2.24) is 19.5 Å². The Kier molecular flexibility index (Phi) is 7.83. The predicted octanol–water partition coefficient (Wildman–Crippen LogP) is 6.00. The number of H-pyrrole nitrogens is 1. The van der Waals surface area contributed by atoms with Gasteiger partial charge in [-0.2, -0.15) is 0 Å². The summed E-state index contributed by atoms with van der Waals surface area (Å²) in [5.41, 5.74) is 1.22. The van der Waals surface area contributed by atoms with Gasteiger partial charge in [-0.25, -0.2) is 23.5 Å². The van der Waals surface area contributed by atoms with Gasteiger partial charge < -0.3 is 15.4 Å². The summed E-state index contributed by atoms with van der Waals surface area (Å²) in [4.78, 5) is 51.3. The maximum atomic E-state index is 14.6. The predicted molar refractivity (Wildman–Crippen MR) is 154 cm³/mol. The van der Waals surface area contributed by atoms with Crippen molar-refractivity contribution in [1.29, 1.82) is 0 Å². The molecule has 1 aliphatic heterocycles. The van der Waals surface area contributed by atoms with Crippen molar-refractivity contribution < 1.29 is 23.5 Å². The molecule has 0 spiro atoms. The largest absolute Gasteiger partial charge is 0.465 e. The molecule has 0 fully saturated rings. The van der Waals surface area contributed by atoms with Crippen LogP contribution in [0, 0.1) is 24.5 Å². The first-order valence-corrected chi connectivity index (χ1v) is 13.5. The Bertz CT molecular complexity index is 1770. The highest BCUT2D eigenvalue weighted by atomic mass is 35.5. The van der Waals surface area contributed by atoms with Crippen LogP contribution >= 0.6 is 11.6 Å². The Hall–Kier alpha value is -4.58. The third-order valence-electron chi connectivity index (χ3n) is 7.44. The van der Waals surface area contributed by atoms with E-state index < -0.39 is 40.8 Å².